The molecule has 0 aliphatic carbocycles. The number of thiophene rings is 1. The number of nitrogens with one attached hydrogen (secondary N) is 1. The largest absolute Gasteiger partial charge is 0.417 e. The lowest BCUT2D eigenvalue weighted by molar-refractivity contribution is -0.138. The number of benzene rings is 2. The van der Waals surface area contributed by atoms with Gasteiger partial charge in [-0.2, -0.15) is 13.2 Å². The first kappa shape index (κ1) is 15.2. The van der Waals surface area contributed by atoms with E-state index in [2.05, 4.69) is 21.2 Å². The van der Waals surface area contributed by atoms with Gasteiger partial charge in [0, 0.05) is 20.2 Å². The quantitative estimate of drug-likeness (QED) is 0.565. The second-order valence-corrected chi connectivity index (χ2v) is 6.59. The molecule has 0 radical (unpaired) electrons. The van der Waals surface area contributed by atoms with Gasteiger partial charge in [0.2, 0.25) is 0 Å². The lowest BCUT2D eigenvalue weighted by Crippen LogP contribution is -2.06. The van der Waals surface area contributed by atoms with E-state index < -0.39 is 11.7 Å². The molecule has 0 fully saturated rings. The summed E-state index contributed by atoms with van der Waals surface area (Å²) in [4.78, 5) is 0. The number of rotatable bonds is 2. The Morgan fingerprint density at radius 1 is 1.09 bits per heavy atom. The summed E-state index contributed by atoms with van der Waals surface area (Å²) in [5, 5.41) is 4.43. The number of halogens is 4. The molecular weight excluding hydrogens is 377 g/mol. The maximum atomic E-state index is 13.0. The third-order valence-corrected chi connectivity index (χ3v) is 4.86. The van der Waals surface area contributed by atoms with Gasteiger partial charge in [-0.25, -0.2) is 0 Å². The van der Waals surface area contributed by atoms with Gasteiger partial charge in [-0.3, -0.25) is 0 Å². The van der Waals surface area contributed by atoms with E-state index in [-0.39, 0.29) is 4.47 Å². The van der Waals surface area contributed by atoms with E-state index in [0.717, 1.165) is 16.2 Å². The SMILES string of the molecule is Nc1sc2ccccc2c1Nc1ccc(Br)c(C(F)(F)F)c1. The Morgan fingerprint density at radius 3 is 2.55 bits per heavy atom. The smallest absolute Gasteiger partial charge is 0.389 e. The molecular formula is C15H10BrF3N2S. The maximum absolute atomic E-state index is 13.0. The summed E-state index contributed by atoms with van der Waals surface area (Å²) in [5.74, 6) is 0. The van der Waals surface area contributed by atoms with Crippen molar-refractivity contribution in [3.63, 3.8) is 0 Å². The van der Waals surface area contributed by atoms with Crippen molar-refractivity contribution in [1.29, 1.82) is 0 Å². The van der Waals surface area contributed by atoms with Crippen molar-refractivity contribution in [2.45, 2.75) is 6.18 Å². The normalized spacial score (nSPS) is 11.8. The standard InChI is InChI=1S/C15H10BrF3N2S/c16-11-6-5-8(7-10(11)15(17,18)19)21-13-9-3-1-2-4-12(9)22-14(13)20/h1-7,21H,20H2. The van der Waals surface area contributed by atoms with Crippen LogP contribution in [0.1, 0.15) is 5.56 Å². The van der Waals surface area contributed by atoms with Gasteiger partial charge in [0.25, 0.3) is 0 Å². The Labute approximate surface area is 136 Å². The molecule has 0 amide bonds. The van der Waals surface area contributed by atoms with Crippen molar-refractivity contribution >= 4 is 53.7 Å². The Hall–Kier alpha value is -1.73. The van der Waals surface area contributed by atoms with Crippen LogP contribution in [0.25, 0.3) is 10.1 Å². The van der Waals surface area contributed by atoms with Crippen LogP contribution in [0.2, 0.25) is 0 Å². The van der Waals surface area contributed by atoms with E-state index in [4.69, 9.17) is 5.73 Å². The highest BCUT2D eigenvalue weighted by Crippen LogP contribution is 2.41. The summed E-state index contributed by atoms with van der Waals surface area (Å²) in [6, 6.07) is 11.6. The molecule has 0 atom stereocenters. The number of hydrogen-bond acceptors (Lipinski definition) is 3. The molecule has 1 heterocycles. The number of nitrogens with two attached hydrogens (primary N) is 1. The molecule has 114 valence electrons. The average molecular weight is 387 g/mol. The summed E-state index contributed by atoms with van der Waals surface area (Å²) >= 11 is 4.32. The molecule has 2 aromatic carbocycles. The van der Waals surface area contributed by atoms with Crippen molar-refractivity contribution in [3.8, 4) is 0 Å². The number of anilines is 3. The van der Waals surface area contributed by atoms with Crippen molar-refractivity contribution in [1.82, 2.24) is 0 Å². The van der Waals surface area contributed by atoms with Gasteiger partial charge in [-0.05, 0) is 24.3 Å². The number of alkyl halides is 3. The molecule has 0 spiro atoms. The minimum Gasteiger partial charge on any atom is -0.389 e. The van der Waals surface area contributed by atoms with E-state index in [9.17, 15) is 13.2 Å². The maximum Gasteiger partial charge on any atom is 0.417 e. The molecule has 3 rings (SSSR count). The average Bonchev–Trinajstić information content (AvgIpc) is 2.76. The van der Waals surface area contributed by atoms with Crippen LogP contribution in [0.5, 0.6) is 0 Å². The molecule has 3 N–H and O–H groups in total. The predicted molar refractivity (Wildman–Crippen MR) is 88.7 cm³/mol. The zero-order valence-electron chi connectivity index (χ0n) is 11.0. The highest BCUT2D eigenvalue weighted by atomic mass is 79.9. The molecule has 1 aromatic heterocycles. The highest BCUT2D eigenvalue weighted by molar-refractivity contribution is 9.10. The first-order chi connectivity index (χ1) is 10.4. The summed E-state index contributed by atoms with van der Waals surface area (Å²) < 4.78 is 39.9. The minimum atomic E-state index is -4.42. The van der Waals surface area contributed by atoms with Crippen LogP contribution in [0.3, 0.4) is 0 Å². The predicted octanol–water partition coefficient (Wildman–Crippen LogP) is 6.01. The van der Waals surface area contributed by atoms with Gasteiger partial charge >= 0.3 is 6.18 Å². The Bertz CT molecular complexity index is 842. The van der Waals surface area contributed by atoms with Crippen LogP contribution in [-0.2, 0) is 6.18 Å². The Balaban J connectivity index is 2.04. The van der Waals surface area contributed by atoms with Gasteiger partial charge in [-0.15, -0.1) is 11.3 Å². The second kappa shape index (κ2) is 5.48. The van der Waals surface area contributed by atoms with Crippen molar-refractivity contribution < 1.29 is 13.2 Å². The van der Waals surface area contributed by atoms with Crippen LogP contribution < -0.4 is 11.1 Å². The third-order valence-electron chi connectivity index (χ3n) is 3.16. The van der Waals surface area contributed by atoms with E-state index in [1.165, 1.54) is 17.4 Å². The topological polar surface area (TPSA) is 38.0 Å². The van der Waals surface area contributed by atoms with Crippen LogP contribution in [0.15, 0.2) is 46.9 Å². The van der Waals surface area contributed by atoms with E-state index in [1.54, 1.807) is 6.07 Å². The third kappa shape index (κ3) is 2.78. The molecule has 22 heavy (non-hydrogen) atoms. The number of hydrogen-bond donors (Lipinski definition) is 2. The van der Waals surface area contributed by atoms with E-state index in [1.807, 2.05) is 24.3 Å². The van der Waals surface area contributed by atoms with Gasteiger partial charge in [0.1, 0.15) is 5.00 Å². The lowest BCUT2D eigenvalue weighted by atomic mass is 10.2. The Morgan fingerprint density at radius 2 is 1.82 bits per heavy atom. The summed E-state index contributed by atoms with van der Waals surface area (Å²) in [6.07, 6.45) is -4.42. The molecule has 2 nitrogen and oxygen atoms in total. The van der Waals surface area contributed by atoms with Gasteiger partial charge in [0.15, 0.2) is 0 Å². The zero-order valence-corrected chi connectivity index (χ0v) is 13.4. The van der Waals surface area contributed by atoms with E-state index in [0.29, 0.717) is 16.4 Å². The van der Waals surface area contributed by atoms with Crippen molar-refractivity contribution in [2.24, 2.45) is 0 Å². The second-order valence-electron chi connectivity index (χ2n) is 4.65. The summed E-state index contributed by atoms with van der Waals surface area (Å²) in [7, 11) is 0. The molecule has 0 saturated carbocycles. The Kier molecular flexibility index (Phi) is 3.78. The van der Waals surface area contributed by atoms with Gasteiger partial charge in [-0.1, -0.05) is 34.1 Å². The van der Waals surface area contributed by atoms with Crippen LogP contribution in [0.4, 0.5) is 29.5 Å². The van der Waals surface area contributed by atoms with Gasteiger partial charge < -0.3 is 11.1 Å². The number of nitrogen functional groups attached to an aromatic ring is 1. The fraction of sp³-hybridized carbons (Fsp3) is 0.0667. The fourth-order valence-corrected chi connectivity index (χ4v) is 3.56. The van der Waals surface area contributed by atoms with Crippen LogP contribution in [-0.4, -0.2) is 0 Å². The molecule has 3 aromatic rings. The molecule has 0 unspecified atom stereocenters. The van der Waals surface area contributed by atoms with E-state index >= 15 is 0 Å². The lowest BCUT2D eigenvalue weighted by Gasteiger charge is -2.12. The summed E-state index contributed by atoms with van der Waals surface area (Å²) in [6.45, 7) is 0. The monoisotopic (exact) mass is 386 g/mol. The highest BCUT2D eigenvalue weighted by Gasteiger charge is 2.33. The molecule has 0 saturated heterocycles. The van der Waals surface area contributed by atoms with Crippen molar-refractivity contribution in [2.75, 3.05) is 11.1 Å². The molecule has 7 heteroatoms. The minimum absolute atomic E-state index is 0.00805. The number of fused-ring (bicyclic) bond motifs is 1. The fourth-order valence-electron chi connectivity index (χ4n) is 2.16. The first-order valence-corrected chi connectivity index (χ1v) is 7.88. The zero-order chi connectivity index (χ0) is 15.9. The van der Waals surface area contributed by atoms with Crippen LogP contribution in [0, 0.1) is 0 Å². The van der Waals surface area contributed by atoms with Crippen molar-refractivity contribution in [3.05, 3.63) is 52.5 Å². The summed E-state index contributed by atoms with van der Waals surface area (Å²) in [5.41, 5.74) is 6.23. The first-order valence-electron chi connectivity index (χ1n) is 6.27. The molecule has 0 bridgehead atoms. The van der Waals surface area contributed by atoms with Crippen LogP contribution >= 0.6 is 27.3 Å². The molecule has 0 aliphatic heterocycles. The van der Waals surface area contributed by atoms with Gasteiger partial charge in [0.05, 0.1) is 11.3 Å². The molecule has 0 aliphatic rings.